The van der Waals surface area contributed by atoms with Gasteiger partial charge in [-0.2, -0.15) is 0 Å². The zero-order valence-corrected chi connectivity index (χ0v) is 64.1. The van der Waals surface area contributed by atoms with Crippen LogP contribution in [0.4, 0.5) is 0 Å². The van der Waals surface area contributed by atoms with Crippen LogP contribution in [-0.4, -0.2) is 93.4 Å². The molecule has 16 rings (SSSR count). The fourth-order valence-corrected chi connectivity index (χ4v) is 16.8. The third-order valence-electron chi connectivity index (χ3n) is 22.5. The lowest BCUT2D eigenvalue weighted by Gasteiger charge is -2.35. The summed E-state index contributed by atoms with van der Waals surface area (Å²) in [5.41, 5.74) is 18.2. The molecule has 0 aromatic heterocycles. The van der Waals surface area contributed by atoms with Crippen LogP contribution in [0.2, 0.25) is 15.1 Å². The van der Waals surface area contributed by atoms with Crippen molar-refractivity contribution >= 4 is 34.8 Å². The molecular weight excluding hydrogens is 1390 g/mol. The molecule has 1 aliphatic carbocycles. The Morgan fingerprint density at radius 3 is 0.741 bits per heavy atom. The SMILES string of the molecule is Clc1ccc(C(OCC2CCN(CC(c3ccccc3)c3ccccc3)CC2)c2ccc(Cl)cc2)cc1.Clc1ccc(C(OCC2CCN(CC(c3ccccc3)c3ccccc3)CC2)c2ccccc2)cc1.c1ccc(C(CN2CCC(COC3c4ccccc4-c4ccccc43)CC2)c2ccccc2)cc1. The van der Waals surface area contributed by atoms with Crippen molar-refractivity contribution in [3.63, 3.8) is 0 Å². The Labute approximate surface area is 656 Å². The Morgan fingerprint density at radius 2 is 0.472 bits per heavy atom. The maximum absolute atomic E-state index is 6.63. The topological polar surface area (TPSA) is 37.4 Å². The highest BCUT2D eigenvalue weighted by atomic mass is 35.5. The summed E-state index contributed by atoms with van der Waals surface area (Å²) in [4.78, 5) is 7.91. The second-order valence-corrected chi connectivity index (χ2v) is 31.0. The molecule has 4 aliphatic rings. The summed E-state index contributed by atoms with van der Waals surface area (Å²) < 4.78 is 19.8. The smallest absolute Gasteiger partial charge is 0.109 e. The van der Waals surface area contributed by atoms with E-state index in [2.05, 4.69) is 312 Å². The van der Waals surface area contributed by atoms with Crippen molar-refractivity contribution < 1.29 is 14.2 Å². The van der Waals surface area contributed by atoms with Crippen molar-refractivity contribution in [2.24, 2.45) is 17.8 Å². The number of hydrogen-bond acceptors (Lipinski definition) is 6. The van der Waals surface area contributed by atoms with Gasteiger partial charge in [0.05, 0.1) is 19.8 Å². The van der Waals surface area contributed by atoms with Gasteiger partial charge in [-0.3, -0.25) is 0 Å². The zero-order valence-electron chi connectivity index (χ0n) is 61.9. The fraction of sp³-hybridized carbons (Fsp3) is 0.273. The molecule has 1 atom stereocenters. The average molecular weight is 1490 g/mol. The van der Waals surface area contributed by atoms with Gasteiger partial charge in [0.25, 0.3) is 0 Å². The molecule has 0 spiro atoms. The minimum Gasteiger partial charge on any atom is -0.368 e. The minimum atomic E-state index is -0.131. The third-order valence-corrected chi connectivity index (χ3v) is 23.3. The van der Waals surface area contributed by atoms with Gasteiger partial charge in [0.2, 0.25) is 0 Å². The summed E-state index contributed by atoms with van der Waals surface area (Å²) in [5, 5.41) is 2.22. The van der Waals surface area contributed by atoms with E-state index < -0.39 is 0 Å². The summed E-state index contributed by atoms with van der Waals surface area (Å²) in [6, 6.07) is 118. The van der Waals surface area contributed by atoms with Gasteiger partial charge in [0.1, 0.15) is 18.3 Å². The first-order valence-electron chi connectivity index (χ1n) is 39.1. The van der Waals surface area contributed by atoms with Gasteiger partial charge in [-0.15, -0.1) is 0 Å². The van der Waals surface area contributed by atoms with Crippen LogP contribution >= 0.6 is 34.8 Å². The van der Waals surface area contributed by atoms with Crippen LogP contribution in [0.3, 0.4) is 0 Å². The Kier molecular flexibility index (Phi) is 27.5. The molecule has 3 heterocycles. The molecule has 1 unspecified atom stereocenters. The first-order chi connectivity index (χ1) is 53.3. The highest BCUT2D eigenvalue weighted by Crippen LogP contribution is 2.46. The van der Waals surface area contributed by atoms with Crippen LogP contribution in [0.25, 0.3) is 11.1 Å². The minimum absolute atomic E-state index is 0.0676. The van der Waals surface area contributed by atoms with E-state index in [4.69, 9.17) is 49.0 Å². The van der Waals surface area contributed by atoms with Gasteiger partial charge in [-0.1, -0.05) is 332 Å². The Hall–Kier alpha value is -8.73. The molecule has 0 N–H and O–H groups in total. The lowest BCUT2D eigenvalue weighted by atomic mass is 9.89. The third kappa shape index (κ3) is 20.8. The molecule has 6 nitrogen and oxygen atoms in total. The van der Waals surface area contributed by atoms with Gasteiger partial charge in [-0.05, 0) is 210 Å². The summed E-state index contributed by atoms with van der Waals surface area (Å²) in [6.45, 7) is 12.2. The molecule has 0 radical (unpaired) electrons. The molecule has 3 aliphatic heterocycles. The molecule has 0 saturated carbocycles. The normalized spacial score (nSPS) is 15.7. The van der Waals surface area contributed by atoms with Crippen molar-refractivity contribution in [2.75, 3.05) is 78.7 Å². The van der Waals surface area contributed by atoms with Crippen LogP contribution < -0.4 is 0 Å². The molecule has 12 aromatic rings. The van der Waals surface area contributed by atoms with Crippen LogP contribution in [0.15, 0.2) is 334 Å². The largest absolute Gasteiger partial charge is 0.368 e. The molecule has 108 heavy (non-hydrogen) atoms. The molecule has 3 fully saturated rings. The van der Waals surface area contributed by atoms with Gasteiger partial charge < -0.3 is 28.9 Å². The predicted octanol–water partition coefficient (Wildman–Crippen LogP) is 24.0. The number of rotatable bonds is 25. The number of hydrogen-bond donors (Lipinski definition) is 0. The zero-order chi connectivity index (χ0) is 73.5. The monoisotopic (exact) mass is 1480 g/mol. The second kappa shape index (κ2) is 39.1. The van der Waals surface area contributed by atoms with E-state index in [0.29, 0.717) is 35.5 Å². The molecule has 12 aromatic carbocycles. The molecule has 0 amide bonds. The van der Waals surface area contributed by atoms with Crippen LogP contribution in [0.5, 0.6) is 0 Å². The van der Waals surface area contributed by atoms with Gasteiger partial charge in [0, 0.05) is 52.5 Å². The van der Waals surface area contributed by atoms with E-state index in [1.165, 1.54) is 86.9 Å². The van der Waals surface area contributed by atoms with Crippen molar-refractivity contribution in [1.82, 2.24) is 14.7 Å². The summed E-state index contributed by atoms with van der Waals surface area (Å²) in [6.07, 6.45) is 6.89. The Morgan fingerprint density at radius 1 is 0.250 bits per heavy atom. The van der Waals surface area contributed by atoms with E-state index in [-0.39, 0.29) is 18.3 Å². The maximum Gasteiger partial charge on any atom is 0.109 e. The first kappa shape index (κ1) is 76.1. The van der Waals surface area contributed by atoms with Gasteiger partial charge in [0.15, 0.2) is 0 Å². The Balaban J connectivity index is 0.000000136. The van der Waals surface area contributed by atoms with Gasteiger partial charge >= 0.3 is 0 Å². The molecule has 9 heteroatoms. The fourth-order valence-electron chi connectivity index (χ4n) is 16.4. The second-order valence-electron chi connectivity index (χ2n) is 29.7. The number of halogens is 3. The van der Waals surface area contributed by atoms with E-state index in [1.54, 1.807) is 0 Å². The lowest BCUT2D eigenvalue weighted by molar-refractivity contribution is 0.0306. The number of nitrogens with zero attached hydrogens (tertiary/aromatic N) is 3. The van der Waals surface area contributed by atoms with Gasteiger partial charge in [-0.25, -0.2) is 0 Å². The Bertz CT molecular complexity index is 4370. The van der Waals surface area contributed by atoms with Crippen LogP contribution in [-0.2, 0) is 14.2 Å². The highest BCUT2D eigenvalue weighted by molar-refractivity contribution is 6.31. The summed E-state index contributed by atoms with van der Waals surface area (Å²) in [5.74, 6) is 2.94. The number of benzene rings is 12. The number of piperidine rings is 3. The number of likely N-dealkylation sites (tertiary alicyclic amines) is 3. The number of ether oxygens (including phenoxy) is 3. The molecule has 0 bridgehead atoms. The van der Waals surface area contributed by atoms with E-state index in [0.717, 1.165) is 123 Å². The molecule has 3 saturated heterocycles. The summed E-state index contributed by atoms with van der Waals surface area (Å²) in [7, 11) is 0. The lowest BCUT2D eigenvalue weighted by Crippen LogP contribution is -2.38. The van der Waals surface area contributed by atoms with E-state index in [1.807, 2.05) is 36.4 Å². The standard InChI is InChI=1S/C33H33Cl2NO.C33H34ClNO.C33H33NO/c34-30-15-11-28(12-16-30)33(29-13-17-31(35)18-14-29)37-24-25-19-21-36(22-20-25)23-32(26-7-3-1-4-8-26)27-9-5-2-6-10-27;34-31-18-16-30(17-19-31)33(29-14-8-3-9-15-29)36-25-26-20-22-35(23-21-26)24-32(27-10-4-1-5-11-27)28-12-6-2-7-13-28;1-3-11-26(12-4-1)32(27-13-5-2-6-14-27)23-34-21-19-25(20-22-34)24-35-33-30-17-9-7-15-28(30)29-16-8-10-18-31(29)33/h1-18,25,32-33H,19-24H2;1-19,26,32-33H,20-25H2;1-18,25,32-33H,19-24H2. The quantitative estimate of drug-likeness (QED) is 0.0568. The number of fused-ring (bicyclic) bond motifs is 3. The molecular formula is C99H100Cl3N3O3. The first-order valence-corrected chi connectivity index (χ1v) is 40.2. The summed E-state index contributed by atoms with van der Waals surface area (Å²) >= 11 is 18.4. The average Bonchev–Trinajstić information content (AvgIpc) is 1.61. The molecule has 550 valence electrons. The highest BCUT2D eigenvalue weighted by Gasteiger charge is 2.32. The van der Waals surface area contributed by atoms with E-state index in [9.17, 15) is 0 Å². The van der Waals surface area contributed by atoms with Crippen LogP contribution in [0, 0.1) is 17.8 Å². The van der Waals surface area contributed by atoms with Crippen LogP contribution in [0.1, 0.15) is 141 Å². The van der Waals surface area contributed by atoms with E-state index >= 15 is 0 Å². The van der Waals surface area contributed by atoms with Crippen molar-refractivity contribution in [2.45, 2.75) is 74.6 Å². The van der Waals surface area contributed by atoms with Crippen molar-refractivity contribution in [3.05, 3.63) is 415 Å². The maximum atomic E-state index is 6.63. The van der Waals surface area contributed by atoms with Crippen molar-refractivity contribution in [3.8, 4) is 11.1 Å². The predicted molar refractivity (Wildman–Crippen MR) is 448 cm³/mol. The van der Waals surface area contributed by atoms with Crippen molar-refractivity contribution in [1.29, 1.82) is 0 Å².